The van der Waals surface area contributed by atoms with Gasteiger partial charge in [-0.3, -0.25) is 9.98 Å². The number of benzene rings is 1. The third-order valence-corrected chi connectivity index (χ3v) is 3.40. The number of guanidine groups is 1. The van der Waals surface area contributed by atoms with E-state index in [0.29, 0.717) is 12.5 Å². The van der Waals surface area contributed by atoms with E-state index in [1.54, 1.807) is 13.2 Å². The van der Waals surface area contributed by atoms with Crippen LogP contribution in [0.25, 0.3) is 0 Å². The van der Waals surface area contributed by atoms with E-state index in [2.05, 4.69) is 46.6 Å². The minimum Gasteiger partial charge on any atom is -0.487 e. The minimum absolute atomic E-state index is 0.476. The molecule has 0 saturated heterocycles. The molecule has 0 radical (unpaired) electrons. The van der Waals surface area contributed by atoms with Gasteiger partial charge in [-0.1, -0.05) is 32.0 Å². The molecule has 5 heteroatoms. The van der Waals surface area contributed by atoms with Gasteiger partial charge in [0.1, 0.15) is 12.4 Å². The molecular formula is C19H26N4O. The second-order valence-electron chi connectivity index (χ2n) is 5.95. The van der Waals surface area contributed by atoms with Gasteiger partial charge in [0.05, 0.1) is 5.69 Å². The molecule has 0 aliphatic rings. The van der Waals surface area contributed by atoms with Crippen LogP contribution in [0.15, 0.2) is 53.7 Å². The van der Waals surface area contributed by atoms with Crippen LogP contribution >= 0.6 is 0 Å². The van der Waals surface area contributed by atoms with Crippen LogP contribution in [0.1, 0.15) is 25.1 Å². The molecule has 0 saturated carbocycles. The van der Waals surface area contributed by atoms with E-state index in [0.717, 1.165) is 30.5 Å². The van der Waals surface area contributed by atoms with Crippen molar-refractivity contribution < 1.29 is 4.74 Å². The highest BCUT2D eigenvalue weighted by Gasteiger charge is 2.01. The number of aliphatic imine (C=N–C) groups is 1. The molecule has 0 spiro atoms. The normalized spacial score (nSPS) is 11.4. The summed E-state index contributed by atoms with van der Waals surface area (Å²) < 4.78 is 5.74. The van der Waals surface area contributed by atoms with Crippen molar-refractivity contribution in [2.24, 2.45) is 10.9 Å². The summed E-state index contributed by atoms with van der Waals surface area (Å²) in [5.41, 5.74) is 2.09. The maximum Gasteiger partial charge on any atom is 0.191 e. The van der Waals surface area contributed by atoms with Crippen molar-refractivity contribution in [1.29, 1.82) is 0 Å². The van der Waals surface area contributed by atoms with Crippen LogP contribution in [0, 0.1) is 5.92 Å². The summed E-state index contributed by atoms with van der Waals surface area (Å²) in [5.74, 6) is 2.24. The molecule has 0 bridgehead atoms. The zero-order valence-electron chi connectivity index (χ0n) is 14.6. The third kappa shape index (κ3) is 6.28. The lowest BCUT2D eigenvalue weighted by molar-refractivity contribution is 0.301. The summed E-state index contributed by atoms with van der Waals surface area (Å²) in [7, 11) is 1.78. The van der Waals surface area contributed by atoms with E-state index in [4.69, 9.17) is 4.74 Å². The summed E-state index contributed by atoms with van der Waals surface area (Å²) in [4.78, 5) is 8.46. The van der Waals surface area contributed by atoms with Crippen LogP contribution in [0.5, 0.6) is 5.75 Å². The lowest BCUT2D eigenvalue weighted by Gasteiger charge is -2.13. The number of hydrogen-bond acceptors (Lipinski definition) is 3. The van der Waals surface area contributed by atoms with Crippen LogP contribution in [0.2, 0.25) is 0 Å². The number of hydrogen-bond donors (Lipinski definition) is 2. The molecule has 0 atom stereocenters. The van der Waals surface area contributed by atoms with E-state index in [-0.39, 0.29) is 0 Å². The molecule has 0 amide bonds. The lowest BCUT2D eigenvalue weighted by atomic mass is 10.2. The van der Waals surface area contributed by atoms with Crippen molar-refractivity contribution in [2.45, 2.75) is 27.0 Å². The second-order valence-corrected chi connectivity index (χ2v) is 5.95. The van der Waals surface area contributed by atoms with E-state index in [9.17, 15) is 0 Å². The van der Waals surface area contributed by atoms with Crippen molar-refractivity contribution in [3.63, 3.8) is 0 Å². The Bertz CT molecular complexity index is 624. The minimum atomic E-state index is 0.476. The fraction of sp³-hybridized carbons (Fsp3) is 0.368. The van der Waals surface area contributed by atoms with Crippen LogP contribution < -0.4 is 15.4 Å². The Hall–Kier alpha value is -2.56. The largest absolute Gasteiger partial charge is 0.487 e. The molecule has 1 heterocycles. The van der Waals surface area contributed by atoms with Gasteiger partial charge < -0.3 is 15.4 Å². The van der Waals surface area contributed by atoms with Gasteiger partial charge in [-0.2, -0.15) is 0 Å². The van der Waals surface area contributed by atoms with E-state index in [1.807, 2.05) is 30.3 Å². The molecule has 0 unspecified atom stereocenters. The summed E-state index contributed by atoms with van der Waals surface area (Å²) in [6, 6.07) is 13.9. The molecule has 2 aromatic rings. The lowest BCUT2D eigenvalue weighted by Crippen LogP contribution is -2.38. The highest BCUT2D eigenvalue weighted by Crippen LogP contribution is 2.13. The Labute approximate surface area is 144 Å². The van der Waals surface area contributed by atoms with E-state index < -0.39 is 0 Å². The summed E-state index contributed by atoms with van der Waals surface area (Å²) in [6.07, 6.45) is 1.77. The maximum absolute atomic E-state index is 5.74. The van der Waals surface area contributed by atoms with Crippen LogP contribution in [-0.2, 0) is 13.2 Å². The molecule has 0 aliphatic carbocycles. The topological polar surface area (TPSA) is 58.5 Å². The first-order valence-electron chi connectivity index (χ1n) is 8.23. The maximum atomic E-state index is 5.74. The van der Waals surface area contributed by atoms with Crippen molar-refractivity contribution in [1.82, 2.24) is 15.6 Å². The zero-order valence-corrected chi connectivity index (χ0v) is 14.6. The number of nitrogens with zero attached hydrogens (tertiary/aromatic N) is 2. The first-order chi connectivity index (χ1) is 11.7. The fourth-order valence-electron chi connectivity index (χ4n) is 2.05. The third-order valence-electron chi connectivity index (χ3n) is 3.40. The predicted molar refractivity (Wildman–Crippen MR) is 98.1 cm³/mol. The smallest absolute Gasteiger partial charge is 0.191 e. The Balaban J connectivity index is 1.79. The van der Waals surface area contributed by atoms with Crippen LogP contribution in [0.3, 0.4) is 0 Å². The SMILES string of the molecule is CN=C(NCc1ccc(OCc2ccccn2)cc1)NCC(C)C. The highest BCUT2D eigenvalue weighted by molar-refractivity contribution is 5.79. The molecule has 24 heavy (non-hydrogen) atoms. The number of pyridine rings is 1. The average Bonchev–Trinajstić information content (AvgIpc) is 2.62. The fourth-order valence-corrected chi connectivity index (χ4v) is 2.05. The Kier molecular flexibility index (Phi) is 7.08. The quantitative estimate of drug-likeness (QED) is 0.607. The van der Waals surface area contributed by atoms with Gasteiger partial charge in [-0.25, -0.2) is 0 Å². The van der Waals surface area contributed by atoms with E-state index in [1.165, 1.54) is 5.56 Å². The first kappa shape index (κ1) is 17.8. The second kappa shape index (κ2) is 9.55. The molecule has 1 aromatic carbocycles. The van der Waals surface area contributed by atoms with Gasteiger partial charge in [-0.05, 0) is 35.7 Å². The van der Waals surface area contributed by atoms with E-state index >= 15 is 0 Å². The van der Waals surface area contributed by atoms with Gasteiger partial charge in [-0.15, -0.1) is 0 Å². The van der Waals surface area contributed by atoms with Crippen LogP contribution in [0.4, 0.5) is 0 Å². The number of nitrogens with one attached hydrogen (secondary N) is 2. The first-order valence-corrected chi connectivity index (χ1v) is 8.23. The number of aromatic nitrogens is 1. The predicted octanol–water partition coefficient (Wildman–Crippen LogP) is 2.98. The van der Waals surface area contributed by atoms with Crippen molar-refractivity contribution >= 4 is 5.96 Å². The zero-order chi connectivity index (χ0) is 17.2. The van der Waals surface area contributed by atoms with Gasteiger partial charge in [0.2, 0.25) is 0 Å². The van der Waals surface area contributed by atoms with Crippen LogP contribution in [-0.4, -0.2) is 24.5 Å². The standard InChI is InChI=1S/C19H26N4O/c1-15(2)12-22-19(20-3)23-13-16-7-9-18(10-8-16)24-14-17-6-4-5-11-21-17/h4-11,15H,12-14H2,1-3H3,(H2,20,22,23). The van der Waals surface area contributed by atoms with Gasteiger partial charge in [0, 0.05) is 26.3 Å². The van der Waals surface area contributed by atoms with Crippen molar-refractivity contribution in [3.05, 3.63) is 59.9 Å². The Morgan fingerprint density at radius 1 is 1.12 bits per heavy atom. The number of ether oxygens (including phenoxy) is 1. The van der Waals surface area contributed by atoms with Gasteiger partial charge in [0.25, 0.3) is 0 Å². The van der Waals surface area contributed by atoms with Gasteiger partial charge >= 0.3 is 0 Å². The Morgan fingerprint density at radius 2 is 1.92 bits per heavy atom. The molecule has 128 valence electrons. The highest BCUT2D eigenvalue weighted by atomic mass is 16.5. The van der Waals surface area contributed by atoms with Crippen molar-refractivity contribution in [2.75, 3.05) is 13.6 Å². The summed E-state index contributed by atoms with van der Waals surface area (Å²) >= 11 is 0. The van der Waals surface area contributed by atoms with Gasteiger partial charge in [0.15, 0.2) is 5.96 Å². The monoisotopic (exact) mass is 326 g/mol. The molecule has 2 N–H and O–H groups in total. The molecule has 2 rings (SSSR count). The average molecular weight is 326 g/mol. The Morgan fingerprint density at radius 3 is 2.54 bits per heavy atom. The molecular weight excluding hydrogens is 300 g/mol. The molecule has 5 nitrogen and oxygen atoms in total. The molecule has 1 aromatic heterocycles. The summed E-state index contributed by atoms with van der Waals surface area (Å²) in [6.45, 7) is 6.44. The molecule has 0 aliphatic heterocycles. The van der Waals surface area contributed by atoms with Crippen molar-refractivity contribution in [3.8, 4) is 5.75 Å². The number of rotatable bonds is 7. The molecule has 0 fully saturated rings. The summed E-state index contributed by atoms with van der Waals surface area (Å²) in [5, 5.41) is 6.60.